The van der Waals surface area contributed by atoms with E-state index in [1.165, 1.54) is 0 Å². The smallest absolute Gasteiger partial charge is 0.278 e. The minimum atomic E-state index is -0.266. The fourth-order valence-electron chi connectivity index (χ4n) is 3.64. The maximum absolute atomic E-state index is 12.6. The zero-order chi connectivity index (χ0) is 18.9. The number of hydrogen-bond acceptors (Lipinski definition) is 6. The Bertz CT molecular complexity index is 1010. The van der Waals surface area contributed by atoms with Crippen LogP contribution < -0.4 is 14.8 Å². The molecule has 0 unspecified atom stereocenters. The minimum absolute atomic E-state index is 0.152. The monoisotopic (exact) mass is 380 g/mol. The van der Waals surface area contributed by atoms with Gasteiger partial charge in [-0.2, -0.15) is 5.10 Å². The lowest BCUT2D eigenvalue weighted by atomic mass is 9.96. The van der Waals surface area contributed by atoms with E-state index < -0.39 is 0 Å². The Kier molecular flexibility index (Phi) is 4.23. The number of para-hydroxylation sites is 2. The van der Waals surface area contributed by atoms with Crippen LogP contribution in [0.3, 0.4) is 0 Å². The number of benzene rings is 1. The molecule has 0 radical (unpaired) electrons. The van der Waals surface area contributed by atoms with Crippen LogP contribution >= 0.6 is 0 Å². The largest absolute Gasteiger partial charge is 0.486 e. The summed E-state index contributed by atoms with van der Waals surface area (Å²) in [7, 11) is 0. The SMILES string of the molecule is O=C(Nc1cnn(C[C@@H]2COc3ccccc3O2)c1)c1noc2c1CCCC2. The van der Waals surface area contributed by atoms with Gasteiger partial charge in [0.1, 0.15) is 12.4 Å². The van der Waals surface area contributed by atoms with E-state index in [1.54, 1.807) is 17.1 Å². The van der Waals surface area contributed by atoms with Crippen LogP contribution in [0.5, 0.6) is 11.5 Å². The molecule has 0 spiro atoms. The number of anilines is 1. The third-order valence-corrected chi connectivity index (χ3v) is 5.01. The molecule has 28 heavy (non-hydrogen) atoms. The fraction of sp³-hybridized carbons (Fsp3) is 0.350. The van der Waals surface area contributed by atoms with Crippen LogP contribution in [0.2, 0.25) is 0 Å². The topological polar surface area (TPSA) is 91.4 Å². The summed E-state index contributed by atoms with van der Waals surface area (Å²) in [5.41, 5.74) is 1.92. The lowest BCUT2D eigenvalue weighted by Gasteiger charge is -2.26. The number of aromatic nitrogens is 3. The number of hydrogen-bond donors (Lipinski definition) is 1. The summed E-state index contributed by atoms with van der Waals surface area (Å²) in [6, 6.07) is 7.59. The fourth-order valence-corrected chi connectivity index (χ4v) is 3.64. The first kappa shape index (κ1) is 16.9. The van der Waals surface area contributed by atoms with Gasteiger partial charge in [-0.25, -0.2) is 0 Å². The summed E-state index contributed by atoms with van der Waals surface area (Å²) in [5.74, 6) is 2.05. The Balaban J connectivity index is 1.23. The molecule has 1 aliphatic carbocycles. The van der Waals surface area contributed by atoms with Crippen molar-refractivity contribution in [2.45, 2.75) is 38.3 Å². The van der Waals surface area contributed by atoms with Gasteiger partial charge in [0.15, 0.2) is 23.3 Å². The van der Waals surface area contributed by atoms with Crippen molar-refractivity contribution in [2.24, 2.45) is 0 Å². The first-order chi connectivity index (χ1) is 13.8. The van der Waals surface area contributed by atoms with Crippen molar-refractivity contribution in [3.8, 4) is 11.5 Å². The molecule has 1 N–H and O–H groups in total. The average molecular weight is 380 g/mol. The average Bonchev–Trinajstić information content (AvgIpc) is 3.34. The normalized spacial score (nSPS) is 17.8. The first-order valence-electron chi connectivity index (χ1n) is 9.46. The molecule has 2 aromatic heterocycles. The maximum Gasteiger partial charge on any atom is 0.278 e. The number of fused-ring (bicyclic) bond motifs is 2. The number of nitrogens with zero attached hydrogens (tertiary/aromatic N) is 3. The highest BCUT2D eigenvalue weighted by molar-refractivity contribution is 6.03. The highest BCUT2D eigenvalue weighted by Gasteiger charge is 2.25. The number of aryl methyl sites for hydroxylation is 1. The van der Waals surface area contributed by atoms with E-state index in [2.05, 4.69) is 15.6 Å². The zero-order valence-electron chi connectivity index (χ0n) is 15.3. The predicted octanol–water partition coefficient (Wildman–Crippen LogP) is 2.84. The number of carbonyl (C=O) groups is 1. The van der Waals surface area contributed by atoms with Crippen LogP contribution in [0.4, 0.5) is 5.69 Å². The Morgan fingerprint density at radius 1 is 1.21 bits per heavy atom. The van der Waals surface area contributed by atoms with Gasteiger partial charge in [0, 0.05) is 18.2 Å². The lowest BCUT2D eigenvalue weighted by Crippen LogP contribution is -2.33. The van der Waals surface area contributed by atoms with Crippen LogP contribution in [0.15, 0.2) is 41.2 Å². The van der Waals surface area contributed by atoms with Gasteiger partial charge in [-0.05, 0) is 31.4 Å². The van der Waals surface area contributed by atoms with Crippen molar-refractivity contribution in [3.63, 3.8) is 0 Å². The van der Waals surface area contributed by atoms with Crippen LogP contribution in [-0.2, 0) is 19.4 Å². The molecule has 8 nitrogen and oxygen atoms in total. The van der Waals surface area contributed by atoms with Gasteiger partial charge in [0.25, 0.3) is 5.91 Å². The molecule has 1 amide bonds. The van der Waals surface area contributed by atoms with Gasteiger partial charge in [0.2, 0.25) is 0 Å². The number of rotatable bonds is 4. The Morgan fingerprint density at radius 2 is 2.07 bits per heavy atom. The molecular weight excluding hydrogens is 360 g/mol. The van der Waals surface area contributed by atoms with E-state index >= 15 is 0 Å². The molecule has 3 aromatic rings. The summed E-state index contributed by atoms with van der Waals surface area (Å²) in [6.45, 7) is 0.965. The van der Waals surface area contributed by atoms with Crippen LogP contribution in [0.25, 0.3) is 0 Å². The molecule has 0 bridgehead atoms. The minimum Gasteiger partial charge on any atom is -0.486 e. The van der Waals surface area contributed by atoms with Gasteiger partial charge in [-0.15, -0.1) is 0 Å². The first-order valence-corrected chi connectivity index (χ1v) is 9.46. The van der Waals surface area contributed by atoms with Gasteiger partial charge in [0.05, 0.1) is 18.4 Å². The molecule has 5 rings (SSSR count). The molecule has 1 aliphatic heterocycles. The van der Waals surface area contributed by atoms with E-state index in [1.807, 2.05) is 24.3 Å². The van der Waals surface area contributed by atoms with Crippen LogP contribution in [-0.4, -0.2) is 33.6 Å². The van der Waals surface area contributed by atoms with Crippen LogP contribution in [0.1, 0.15) is 34.7 Å². The second kappa shape index (κ2) is 7.03. The van der Waals surface area contributed by atoms with Crippen LogP contribution in [0, 0.1) is 0 Å². The van der Waals surface area contributed by atoms with Crippen molar-refractivity contribution in [2.75, 3.05) is 11.9 Å². The van der Waals surface area contributed by atoms with E-state index in [0.29, 0.717) is 24.5 Å². The number of carbonyl (C=O) groups excluding carboxylic acids is 1. The third kappa shape index (κ3) is 3.21. The zero-order valence-corrected chi connectivity index (χ0v) is 15.3. The summed E-state index contributed by atoms with van der Waals surface area (Å²) in [4.78, 5) is 12.6. The van der Waals surface area contributed by atoms with Crippen molar-refractivity contribution in [1.82, 2.24) is 14.9 Å². The van der Waals surface area contributed by atoms with E-state index in [-0.39, 0.29) is 12.0 Å². The molecule has 1 atom stereocenters. The highest BCUT2D eigenvalue weighted by Crippen LogP contribution is 2.31. The molecule has 144 valence electrons. The second-order valence-electron chi connectivity index (χ2n) is 7.04. The predicted molar refractivity (Wildman–Crippen MR) is 99.7 cm³/mol. The number of ether oxygens (including phenoxy) is 2. The number of nitrogens with one attached hydrogen (secondary N) is 1. The Morgan fingerprint density at radius 3 is 3.00 bits per heavy atom. The van der Waals surface area contributed by atoms with E-state index in [9.17, 15) is 4.79 Å². The highest BCUT2D eigenvalue weighted by atomic mass is 16.6. The van der Waals surface area contributed by atoms with Gasteiger partial charge in [-0.3, -0.25) is 9.48 Å². The molecule has 0 saturated heterocycles. The quantitative estimate of drug-likeness (QED) is 0.748. The molecular formula is C20H20N4O4. The van der Waals surface area contributed by atoms with Gasteiger partial charge >= 0.3 is 0 Å². The van der Waals surface area contributed by atoms with Crippen molar-refractivity contribution in [1.29, 1.82) is 0 Å². The van der Waals surface area contributed by atoms with Gasteiger partial charge < -0.3 is 19.3 Å². The molecule has 8 heteroatoms. The third-order valence-electron chi connectivity index (χ3n) is 5.01. The molecule has 2 aliphatic rings. The second-order valence-corrected chi connectivity index (χ2v) is 7.04. The maximum atomic E-state index is 12.6. The molecule has 0 saturated carbocycles. The van der Waals surface area contributed by atoms with E-state index in [4.69, 9.17) is 14.0 Å². The standard InChI is InChI=1S/C20H20N4O4/c25-20(19-15-5-1-2-6-16(15)28-23-19)22-13-9-21-24(10-13)11-14-12-26-17-7-3-4-8-18(17)27-14/h3-4,7-10,14H,1-2,5-6,11-12H2,(H,22,25)/t14-/m1/s1. The van der Waals surface area contributed by atoms with Crippen molar-refractivity contribution < 1.29 is 18.8 Å². The molecule has 0 fully saturated rings. The summed E-state index contributed by atoms with van der Waals surface area (Å²) in [5, 5.41) is 11.1. The van der Waals surface area contributed by atoms with Crippen molar-refractivity contribution in [3.05, 3.63) is 53.7 Å². The lowest BCUT2D eigenvalue weighted by molar-refractivity contribution is 0.0759. The summed E-state index contributed by atoms with van der Waals surface area (Å²) >= 11 is 0. The summed E-state index contributed by atoms with van der Waals surface area (Å²) in [6.07, 6.45) is 7.05. The molecule has 3 heterocycles. The summed E-state index contributed by atoms with van der Waals surface area (Å²) < 4.78 is 18.7. The van der Waals surface area contributed by atoms with Crippen molar-refractivity contribution >= 4 is 11.6 Å². The number of amides is 1. The Labute approximate surface area is 161 Å². The Hall–Kier alpha value is -3.29. The van der Waals surface area contributed by atoms with E-state index in [0.717, 1.165) is 48.5 Å². The molecule has 1 aromatic carbocycles. The van der Waals surface area contributed by atoms with Gasteiger partial charge in [-0.1, -0.05) is 17.3 Å².